The van der Waals surface area contributed by atoms with Crippen molar-refractivity contribution in [1.29, 1.82) is 0 Å². The van der Waals surface area contributed by atoms with Gasteiger partial charge in [0, 0.05) is 50.7 Å². The van der Waals surface area contributed by atoms with Gasteiger partial charge in [-0.3, -0.25) is 4.57 Å². The van der Waals surface area contributed by atoms with E-state index in [0.717, 1.165) is 70.4 Å². The number of nitrogens with zero attached hydrogens (tertiary/aromatic N) is 5. The second kappa shape index (κ2) is 14.0. The van der Waals surface area contributed by atoms with Crippen molar-refractivity contribution in [3.05, 3.63) is 217 Å². The maximum absolute atomic E-state index is 5.99. The fourth-order valence-electron chi connectivity index (χ4n) is 12.8. The summed E-state index contributed by atoms with van der Waals surface area (Å²) in [5.41, 5.74) is 14.1. The highest BCUT2D eigenvalue weighted by atomic mass is 15.2. The molecular formula is C58H49N5. The topological polar surface area (TPSA) is 38.9 Å². The molecule has 6 aliphatic carbocycles. The van der Waals surface area contributed by atoms with Gasteiger partial charge in [0.05, 0.1) is 39.5 Å². The number of aromatic nitrogens is 4. The van der Waals surface area contributed by atoms with Crippen molar-refractivity contribution in [2.24, 2.45) is 29.6 Å². The van der Waals surface area contributed by atoms with E-state index in [9.17, 15) is 0 Å². The highest BCUT2D eigenvalue weighted by molar-refractivity contribution is 6.19. The van der Waals surface area contributed by atoms with E-state index in [-0.39, 0.29) is 29.7 Å². The average Bonchev–Trinajstić information content (AvgIpc) is 4.06. The zero-order valence-electron chi connectivity index (χ0n) is 35.6. The summed E-state index contributed by atoms with van der Waals surface area (Å²) in [4.78, 5) is 14.5. The van der Waals surface area contributed by atoms with Crippen LogP contribution >= 0.6 is 0 Å². The van der Waals surface area contributed by atoms with Gasteiger partial charge >= 0.3 is 0 Å². The Morgan fingerprint density at radius 1 is 0.683 bits per heavy atom. The molecule has 5 nitrogen and oxygen atoms in total. The van der Waals surface area contributed by atoms with Crippen molar-refractivity contribution >= 4 is 44.5 Å². The molecule has 4 heterocycles. The highest BCUT2D eigenvalue weighted by Crippen LogP contribution is 2.65. The minimum Gasteiger partial charge on any atom is -0.340 e. The van der Waals surface area contributed by atoms with Crippen LogP contribution in [0.25, 0.3) is 56.1 Å². The lowest BCUT2D eigenvalue weighted by Crippen LogP contribution is -2.39. The standard InChI is InChI=1S/C58H49N5/c1-3-40-52(37-21-7-4-8-22-37)59-57(63-50-34-20-16-30-45(50)54-55(63)44-29-15-19-33-49(44)62(54)39-25-11-6-12-26-39)60-56(40)58(2)46-31-17-13-28-43(46)51-47(58)36-35-42-41-27-14-18-32-48(41)61(53(42)51)38-23-9-5-10-24-38/h3-7,9,11-21,23,25-36,41,43,46-48,51H,1,8,10,22,24H2,2H3/t41?,43?,46-,47?,48?,51?,58?/m0/s1. The summed E-state index contributed by atoms with van der Waals surface area (Å²) in [6.07, 6.45) is 43.9. The van der Waals surface area contributed by atoms with Crippen LogP contribution in [0.1, 0.15) is 49.6 Å². The Morgan fingerprint density at radius 3 is 2.14 bits per heavy atom. The first-order valence-electron chi connectivity index (χ1n) is 22.9. The highest BCUT2D eigenvalue weighted by Gasteiger charge is 2.62. The molecular weight excluding hydrogens is 767 g/mol. The van der Waals surface area contributed by atoms with Crippen LogP contribution < -0.4 is 0 Å². The first-order valence-corrected chi connectivity index (χ1v) is 22.9. The van der Waals surface area contributed by atoms with Gasteiger partial charge in [0.1, 0.15) is 0 Å². The molecule has 1 fully saturated rings. The minimum atomic E-state index is -0.404. The number of hydrogen-bond donors (Lipinski definition) is 0. The number of benzene rings is 3. The van der Waals surface area contributed by atoms with Crippen molar-refractivity contribution in [3.8, 4) is 11.6 Å². The monoisotopic (exact) mass is 815 g/mol. The molecule has 0 bridgehead atoms. The summed E-state index contributed by atoms with van der Waals surface area (Å²) >= 11 is 0. The van der Waals surface area contributed by atoms with Crippen LogP contribution in [0.3, 0.4) is 0 Å². The number of rotatable bonds is 6. The van der Waals surface area contributed by atoms with Crippen LogP contribution in [-0.4, -0.2) is 30.0 Å². The molecule has 63 heavy (non-hydrogen) atoms. The fraction of sp³-hybridized carbons (Fsp3) is 0.207. The maximum Gasteiger partial charge on any atom is 0.235 e. The summed E-state index contributed by atoms with van der Waals surface area (Å²) in [7, 11) is 0. The first-order chi connectivity index (χ1) is 31.1. The van der Waals surface area contributed by atoms with E-state index in [2.05, 4.69) is 210 Å². The number of fused-ring (bicyclic) bond motifs is 11. The summed E-state index contributed by atoms with van der Waals surface area (Å²) in [6.45, 7) is 7.09. The predicted octanol–water partition coefficient (Wildman–Crippen LogP) is 13.2. The Kier molecular flexibility index (Phi) is 8.16. The van der Waals surface area contributed by atoms with Crippen LogP contribution in [0.2, 0.25) is 0 Å². The Hall–Kier alpha value is -6.98. The Balaban J connectivity index is 1.09. The maximum atomic E-state index is 5.99. The third-order valence-electron chi connectivity index (χ3n) is 15.4. The van der Waals surface area contributed by atoms with E-state index in [1.807, 2.05) is 0 Å². The molecule has 6 aromatic rings. The lowest BCUT2D eigenvalue weighted by molar-refractivity contribution is 0.273. The molecule has 3 aromatic heterocycles. The van der Waals surface area contributed by atoms with E-state index in [0.29, 0.717) is 11.9 Å². The smallest absolute Gasteiger partial charge is 0.235 e. The van der Waals surface area contributed by atoms with Gasteiger partial charge in [0.2, 0.25) is 5.95 Å². The van der Waals surface area contributed by atoms with Gasteiger partial charge in [-0.15, -0.1) is 0 Å². The van der Waals surface area contributed by atoms with Gasteiger partial charge < -0.3 is 9.47 Å². The molecule has 1 saturated carbocycles. The molecule has 7 atom stereocenters. The van der Waals surface area contributed by atoms with Crippen molar-refractivity contribution in [2.75, 3.05) is 0 Å². The zero-order chi connectivity index (χ0) is 41.8. The molecule has 7 aliphatic rings. The van der Waals surface area contributed by atoms with Crippen molar-refractivity contribution in [1.82, 2.24) is 24.0 Å². The van der Waals surface area contributed by atoms with Crippen molar-refractivity contribution < 1.29 is 0 Å². The molecule has 5 heteroatoms. The van der Waals surface area contributed by atoms with Crippen LogP contribution in [0.15, 0.2) is 200 Å². The van der Waals surface area contributed by atoms with Gasteiger partial charge in [0.15, 0.2) is 0 Å². The summed E-state index contributed by atoms with van der Waals surface area (Å²) in [6, 6.07) is 28.7. The Labute approximate surface area is 368 Å². The molecule has 13 rings (SSSR count). The molecule has 3 aromatic carbocycles. The molecule has 6 unspecified atom stereocenters. The second-order valence-electron chi connectivity index (χ2n) is 18.4. The van der Waals surface area contributed by atoms with Crippen LogP contribution in [0.5, 0.6) is 0 Å². The summed E-state index contributed by atoms with van der Waals surface area (Å²) in [5.74, 6) is 1.96. The van der Waals surface area contributed by atoms with E-state index in [4.69, 9.17) is 9.97 Å². The molecule has 0 saturated heterocycles. The largest absolute Gasteiger partial charge is 0.340 e. The normalized spacial score (nSPS) is 27.6. The van der Waals surface area contributed by atoms with E-state index < -0.39 is 5.41 Å². The zero-order valence-corrected chi connectivity index (χ0v) is 35.6. The molecule has 0 radical (unpaired) electrons. The summed E-state index contributed by atoms with van der Waals surface area (Å²) < 4.78 is 4.80. The van der Waals surface area contributed by atoms with Gasteiger partial charge in [0.25, 0.3) is 0 Å². The van der Waals surface area contributed by atoms with Crippen molar-refractivity contribution in [2.45, 2.75) is 44.1 Å². The molecule has 0 N–H and O–H groups in total. The summed E-state index contributed by atoms with van der Waals surface area (Å²) in [5, 5.41) is 2.35. The Morgan fingerprint density at radius 2 is 1.38 bits per heavy atom. The van der Waals surface area contributed by atoms with E-state index in [1.54, 1.807) is 0 Å². The van der Waals surface area contributed by atoms with Crippen molar-refractivity contribution in [3.63, 3.8) is 0 Å². The average molecular weight is 816 g/mol. The van der Waals surface area contributed by atoms with E-state index in [1.165, 1.54) is 33.3 Å². The molecule has 0 amide bonds. The molecule has 1 aliphatic heterocycles. The quantitative estimate of drug-likeness (QED) is 0.168. The number of allylic oxidation sites excluding steroid dienone is 17. The third-order valence-corrected chi connectivity index (χ3v) is 15.4. The van der Waals surface area contributed by atoms with Crippen LogP contribution in [0, 0.1) is 29.6 Å². The van der Waals surface area contributed by atoms with Crippen LogP contribution in [0.4, 0.5) is 0 Å². The molecule has 0 spiro atoms. The first kappa shape index (κ1) is 36.7. The fourth-order valence-corrected chi connectivity index (χ4v) is 12.8. The third kappa shape index (κ3) is 5.11. The predicted molar refractivity (Wildman–Crippen MR) is 259 cm³/mol. The second-order valence-corrected chi connectivity index (χ2v) is 18.4. The van der Waals surface area contributed by atoms with Gasteiger partial charge in [-0.05, 0) is 84.9 Å². The van der Waals surface area contributed by atoms with Gasteiger partial charge in [-0.1, -0.05) is 165 Å². The van der Waals surface area contributed by atoms with Crippen LogP contribution in [-0.2, 0) is 5.41 Å². The Bertz CT molecular complexity index is 3250. The number of para-hydroxylation sites is 3. The van der Waals surface area contributed by atoms with Gasteiger partial charge in [-0.2, -0.15) is 0 Å². The number of hydrogen-bond acceptors (Lipinski definition) is 3. The minimum absolute atomic E-state index is 0.171. The van der Waals surface area contributed by atoms with Gasteiger partial charge in [-0.25, -0.2) is 9.97 Å². The molecule has 306 valence electrons. The lowest BCUT2D eigenvalue weighted by atomic mass is 9.66. The SMILES string of the molecule is C=Cc1c(C2=CC=CCC2)nc(-n2c3ccccc3c3c2c2ccccc2n3-c2ccccc2)nc1C1(C)C2C=CC3=C(C2C2C=CC=C[C@@H]21)N(C1=CC=CCC1)C1C=CC=CC31. The lowest BCUT2D eigenvalue weighted by Gasteiger charge is -2.40. The van der Waals surface area contributed by atoms with E-state index >= 15 is 0 Å².